The number of benzene rings is 2. The van der Waals surface area contributed by atoms with Crippen LogP contribution in [0.15, 0.2) is 47.6 Å². The molecule has 0 aliphatic heterocycles. The second kappa shape index (κ2) is 10.1. The number of hydrogen-bond acceptors (Lipinski definition) is 5. The Hall–Kier alpha value is -3.35. The van der Waals surface area contributed by atoms with Gasteiger partial charge in [-0.05, 0) is 61.7 Å². The van der Waals surface area contributed by atoms with Crippen molar-refractivity contribution in [2.24, 2.45) is 5.10 Å². The number of carbonyl (C=O) groups is 2. The second-order valence-electron chi connectivity index (χ2n) is 6.41. The van der Waals surface area contributed by atoms with Crippen LogP contribution in [0.3, 0.4) is 0 Å². The van der Waals surface area contributed by atoms with E-state index in [1.807, 2.05) is 32.0 Å². The maximum atomic E-state index is 12.1. The molecular formula is C21H25N3O4. The molecule has 0 aliphatic rings. The van der Waals surface area contributed by atoms with Crippen molar-refractivity contribution in [1.29, 1.82) is 0 Å². The van der Waals surface area contributed by atoms with Gasteiger partial charge in [0.15, 0.2) is 0 Å². The van der Waals surface area contributed by atoms with Gasteiger partial charge in [0.05, 0.1) is 13.5 Å². The van der Waals surface area contributed by atoms with E-state index in [0.717, 1.165) is 28.1 Å². The predicted octanol–water partition coefficient (Wildman–Crippen LogP) is 3.94. The largest absolute Gasteiger partial charge is 0.497 e. The van der Waals surface area contributed by atoms with E-state index in [2.05, 4.69) is 15.8 Å². The highest BCUT2D eigenvalue weighted by molar-refractivity contribution is 6.05. The summed E-state index contributed by atoms with van der Waals surface area (Å²) < 4.78 is 10.1. The summed E-state index contributed by atoms with van der Waals surface area (Å²) in [6.45, 7) is 5.76. The second-order valence-corrected chi connectivity index (χ2v) is 6.41. The molecule has 0 heterocycles. The first kappa shape index (κ1) is 21.0. The van der Waals surface area contributed by atoms with Gasteiger partial charge >= 0.3 is 6.09 Å². The number of ether oxygens (including phenoxy) is 2. The third kappa shape index (κ3) is 6.75. The summed E-state index contributed by atoms with van der Waals surface area (Å²) in [7, 11) is 1.58. The van der Waals surface area contributed by atoms with Crippen LogP contribution in [0.25, 0.3) is 0 Å². The van der Waals surface area contributed by atoms with Crippen LogP contribution < -0.4 is 15.5 Å². The topological polar surface area (TPSA) is 89.0 Å². The number of carbonyl (C=O) groups excluding carboxylic acids is 2. The first-order valence-corrected chi connectivity index (χ1v) is 8.83. The van der Waals surface area contributed by atoms with Gasteiger partial charge in [0.2, 0.25) is 5.91 Å². The number of amides is 2. The minimum Gasteiger partial charge on any atom is -0.497 e. The number of nitrogens with one attached hydrogen (secondary N) is 2. The number of hydrazone groups is 1. The maximum Gasteiger partial charge on any atom is 0.428 e. The summed E-state index contributed by atoms with van der Waals surface area (Å²) in [6, 6.07) is 12.9. The molecule has 0 atom stereocenters. The van der Waals surface area contributed by atoms with Crippen molar-refractivity contribution in [2.75, 3.05) is 12.4 Å². The molecule has 2 aromatic carbocycles. The molecule has 0 unspecified atom stereocenters. The van der Waals surface area contributed by atoms with Gasteiger partial charge in [0.25, 0.3) is 0 Å². The average molecular weight is 383 g/mol. The van der Waals surface area contributed by atoms with E-state index in [0.29, 0.717) is 5.71 Å². The number of aryl methyl sites for hydroxylation is 2. The zero-order chi connectivity index (χ0) is 20.5. The van der Waals surface area contributed by atoms with Crippen LogP contribution in [0.1, 0.15) is 30.0 Å². The fourth-order valence-electron chi connectivity index (χ4n) is 2.34. The van der Waals surface area contributed by atoms with Crippen LogP contribution >= 0.6 is 0 Å². The molecule has 0 saturated heterocycles. The molecule has 0 radical (unpaired) electrons. The van der Waals surface area contributed by atoms with Crippen molar-refractivity contribution in [3.05, 3.63) is 59.2 Å². The average Bonchev–Trinajstić information content (AvgIpc) is 2.68. The Morgan fingerprint density at radius 2 is 1.75 bits per heavy atom. The summed E-state index contributed by atoms with van der Waals surface area (Å²) in [6.07, 6.45) is -0.629. The standard InChI is InChI=1S/C21H25N3O4/c1-14-5-8-18(11-15(14)2)22-20(25)12-16(3)23-24-21(26)28-13-17-6-9-19(27-4)10-7-17/h5-11H,12-13H2,1-4H3,(H,22,25)(H,24,26)/b23-16-. The van der Waals surface area contributed by atoms with Crippen molar-refractivity contribution < 1.29 is 19.1 Å². The Bertz CT molecular complexity index is 860. The number of nitrogens with zero attached hydrogens (tertiary/aromatic N) is 1. The molecular weight excluding hydrogens is 358 g/mol. The SMILES string of the molecule is COc1ccc(COC(=O)N/N=C(/C)CC(=O)Nc2ccc(C)c(C)c2)cc1. The van der Waals surface area contributed by atoms with Gasteiger partial charge in [-0.1, -0.05) is 18.2 Å². The molecule has 148 valence electrons. The van der Waals surface area contributed by atoms with Gasteiger partial charge in [-0.25, -0.2) is 10.2 Å². The monoisotopic (exact) mass is 383 g/mol. The van der Waals surface area contributed by atoms with Gasteiger partial charge < -0.3 is 14.8 Å². The van der Waals surface area contributed by atoms with Gasteiger partial charge in [0.1, 0.15) is 12.4 Å². The minimum atomic E-state index is -0.690. The molecule has 0 saturated carbocycles. The lowest BCUT2D eigenvalue weighted by Gasteiger charge is -2.08. The van der Waals surface area contributed by atoms with Crippen LogP contribution in [0, 0.1) is 13.8 Å². The summed E-state index contributed by atoms with van der Waals surface area (Å²) in [4.78, 5) is 23.8. The van der Waals surface area contributed by atoms with Crippen LogP contribution in [-0.2, 0) is 16.1 Å². The van der Waals surface area contributed by atoms with Crippen molar-refractivity contribution in [3.63, 3.8) is 0 Å². The molecule has 2 rings (SSSR count). The fraction of sp³-hybridized carbons (Fsp3) is 0.286. The Morgan fingerprint density at radius 1 is 1.04 bits per heavy atom. The van der Waals surface area contributed by atoms with E-state index >= 15 is 0 Å². The zero-order valence-corrected chi connectivity index (χ0v) is 16.5. The Kier molecular flexibility index (Phi) is 7.56. The quantitative estimate of drug-likeness (QED) is 0.560. The summed E-state index contributed by atoms with van der Waals surface area (Å²) in [5, 5.41) is 6.70. The van der Waals surface area contributed by atoms with Gasteiger partial charge in [0, 0.05) is 11.4 Å². The zero-order valence-electron chi connectivity index (χ0n) is 16.5. The van der Waals surface area contributed by atoms with Gasteiger partial charge in [-0.15, -0.1) is 0 Å². The molecule has 0 aliphatic carbocycles. The third-order valence-corrected chi connectivity index (χ3v) is 4.07. The van der Waals surface area contributed by atoms with Gasteiger partial charge in [-0.2, -0.15) is 5.10 Å². The Morgan fingerprint density at radius 3 is 2.39 bits per heavy atom. The molecule has 2 N–H and O–H groups in total. The maximum absolute atomic E-state index is 12.1. The third-order valence-electron chi connectivity index (χ3n) is 4.07. The van der Waals surface area contributed by atoms with E-state index in [9.17, 15) is 9.59 Å². The highest BCUT2D eigenvalue weighted by atomic mass is 16.6. The van der Waals surface area contributed by atoms with Crippen LogP contribution in [0.5, 0.6) is 5.75 Å². The minimum absolute atomic E-state index is 0.0612. The Labute approximate surface area is 164 Å². The first-order valence-electron chi connectivity index (χ1n) is 8.83. The lowest BCUT2D eigenvalue weighted by molar-refractivity contribution is -0.115. The summed E-state index contributed by atoms with van der Waals surface area (Å²) >= 11 is 0. The fourth-order valence-corrected chi connectivity index (χ4v) is 2.34. The number of hydrogen-bond donors (Lipinski definition) is 2. The van der Waals surface area contributed by atoms with Crippen LogP contribution in [-0.4, -0.2) is 24.8 Å². The lowest BCUT2D eigenvalue weighted by atomic mass is 10.1. The van der Waals surface area contributed by atoms with Crippen molar-refractivity contribution in [3.8, 4) is 5.75 Å². The highest BCUT2D eigenvalue weighted by Gasteiger charge is 2.07. The Balaban J connectivity index is 1.76. The molecule has 0 spiro atoms. The molecule has 2 amide bonds. The van der Waals surface area contributed by atoms with Crippen molar-refractivity contribution in [1.82, 2.24) is 5.43 Å². The lowest BCUT2D eigenvalue weighted by Crippen LogP contribution is -2.22. The predicted molar refractivity (Wildman–Crippen MR) is 109 cm³/mol. The molecule has 0 bridgehead atoms. The molecule has 7 nitrogen and oxygen atoms in total. The van der Waals surface area contributed by atoms with Crippen LogP contribution in [0.2, 0.25) is 0 Å². The van der Waals surface area contributed by atoms with E-state index in [4.69, 9.17) is 9.47 Å². The molecule has 7 heteroatoms. The molecule has 0 aromatic heterocycles. The number of anilines is 1. The first-order chi connectivity index (χ1) is 13.4. The number of rotatable bonds is 7. The molecule has 2 aromatic rings. The normalized spacial score (nSPS) is 10.9. The van der Waals surface area contributed by atoms with Crippen molar-refractivity contribution in [2.45, 2.75) is 33.8 Å². The van der Waals surface area contributed by atoms with E-state index in [-0.39, 0.29) is 18.9 Å². The van der Waals surface area contributed by atoms with Crippen molar-refractivity contribution >= 4 is 23.4 Å². The summed E-state index contributed by atoms with van der Waals surface area (Å²) in [5.74, 6) is 0.519. The highest BCUT2D eigenvalue weighted by Crippen LogP contribution is 2.14. The van der Waals surface area contributed by atoms with Crippen LogP contribution in [0.4, 0.5) is 10.5 Å². The smallest absolute Gasteiger partial charge is 0.428 e. The van der Waals surface area contributed by atoms with E-state index in [1.165, 1.54) is 0 Å². The van der Waals surface area contributed by atoms with Gasteiger partial charge in [-0.3, -0.25) is 4.79 Å². The van der Waals surface area contributed by atoms with E-state index in [1.54, 1.807) is 38.3 Å². The summed E-state index contributed by atoms with van der Waals surface area (Å²) in [5.41, 5.74) is 6.56. The molecule has 28 heavy (non-hydrogen) atoms. The molecule has 0 fully saturated rings. The van der Waals surface area contributed by atoms with E-state index < -0.39 is 6.09 Å². The number of methoxy groups -OCH3 is 1.